The maximum atomic E-state index is 4.22. The van der Waals surface area contributed by atoms with Crippen molar-refractivity contribution in [2.24, 2.45) is 4.99 Å². The molecule has 1 N–H and O–H groups in total. The molecule has 1 unspecified atom stereocenters. The van der Waals surface area contributed by atoms with E-state index in [-0.39, 0.29) is 0 Å². The van der Waals surface area contributed by atoms with Gasteiger partial charge in [-0.05, 0) is 26.0 Å². The molecule has 3 heteroatoms. The lowest BCUT2D eigenvalue weighted by atomic mass is 10.3. The minimum atomic E-state index is 0.392. The zero-order valence-corrected chi connectivity index (χ0v) is 6.70. The van der Waals surface area contributed by atoms with Gasteiger partial charge in [-0.15, -0.1) is 0 Å². The second kappa shape index (κ2) is 2.20. The molecule has 0 aromatic heterocycles. The molecule has 0 fully saturated rings. The van der Waals surface area contributed by atoms with Crippen molar-refractivity contribution in [3.05, 3.63) is 23.7 Å². The monoisotopic (exact) mass is 149 g/mol. The van der Waals surface area contributed by atoms with Crippen LogP contribution in [0, 0.1) is 0 Å². The first kappa shape index (κ1) is 6.61. The number of nitrogens with zero attached hydrogens (tertiary/aromatic N) is 2. The van der Waals surface area contributed by atoms with Crippen LogP contribution in [-0.2, 0) is 0 Å². The summed E-state index contributed by atoms with van der Waals surface area (Å²) < 4.78 is 0. The molecule has 0 radical (unpaired) electrons. The zero-order chi connectivity index (χ0) is 7.84. The van der Waals surface area contributed by atoms with Gasteiger partial charge < -0.3 is 0 Å². The van der Waals surface area contributed by atoms with Crippen LogP contribution in [0.2, 0.25) is 0 Å². The van der Waals surface area contributed by atoms with Crippen molar-refractivity contribution in [2.45, 2.75) is 19.9 Å². The Morgan fingerprint density at radius 3 is 3.18 bits per heavy atom. The summed E-state index contributed by atoms with van der Waals surface area (Å²) >= 11 is 0. The number of hydrazine groups is 1. The lowest BCUT2D eigenvalue weighted by molar-refractivity contribution is 0.321. The summed E-state index contributed by atoms with van der Waals surface area (Å²) in [6.07, 6.45) is 5.92. The molecule has 2 aliphatic rings. The van der Waals surface area contributed by atoms with E-state index in [0.29, 0.717) is 6.04 Å². The first-order chi connectivity index (χ1) is 5.27. The number of rotatable bonds is 0. The molecule has 0 bridgehead atoms. The number of nitrogens with one attached hydrogen (secondary N) is 1. The Bertz CT molecular complexity index is 263. The maximum Gasteiger partial charge on any atom is 0.144 e. The minimum Gasteiger partial charge on any atom is -0.264 e. The molecule has 0 saturated carbocycles. The highest BCUT2D eigenvalue weighted by Crippen LogP contribution is 2.20. The fraction of sp³-hybridized carbons (Fsp3) is 0.375. The normalized spacial score (nSPS) is 28.2. The number of fused-ring (bicyclic) bond motifs is 1. The van der Waals surface area contributed by atoms with Crippen molar-refractivity contribution in [2.75, 3.05) is 0 Å². The number of aliphatic imine (C=N–C) groups is 1. The standard InChI is InChI=1S/C8H11N3/c1-6-5-8-9-4-3-7(2)11(8)10-6/h3-6,10H,1-2H3. The fourth-order valence-corrected chi connectivity index (χ4v) is 1.28. The fourth-order valence-electron chi connectivity index (χ4n) is 1.28. The van der Waals surface area contributed by atoms with Crippen molar-refractivity contribution in [3.8, 4) is 0 Å². The molecule has 0 aromatic carbocycles. The van der Waals surface area contributed by atoms with Gasteiger partial charge in [-0.2, -0.15) is 0 Å². The van der Waals surface area contributed by atoms with Gasteiger partial charge in [0.2, 0.25) is 0 Å². The summed E-state index contributed by atoms with van der Waals surface area (Å²) in [5, 5.41) is 2.00. The largest absolute Gasteiger partial charge is 0.264 e. The van der Waals surface area contributed by atoms with Crippen LogP contribution >= 0.6 is 0 Å². The Morgan fingerprint density at radius 2 is 2.45 bits per heavy atom. The van der Waals surface area contributed by atoms with E-state index in [1.165, 1.54) is 5.70 Å². The van der Waals surface area contributed by atoms with Gasteiger partial charge in [0, 0.05) is 18.0 Å². The van der Waals surface area contributed by atoms with Gasteiger partial charge in [-0.3, -0.25) is 5.01 Å². The smallest absolute Gasteiger partial charge is 0.144 e. The van der Waals surface area contributed by atoms with Gasteiger partial charge in [0.1, 0.15) is 5.82 Å². The van der Waals surface area contributed by atoms with Gasteiger partial charge >= 0.3 is 0 Å². The predicted octanol–water partition coefficient (Wildman–Crippen LogP) is 1.02. The highest BCUT2D eigenvalue weighted by Gasteiger charge is 2.21. The van der Waals surface area contributed by atoms with Crippen LogP contribution in [0.5, 0.6) is 0 Å². The summed E-state index contributed by atoms with van der Waals surface area (Å²) in [6, 6.07) is 0.392. The highest BCUT2D eigenvalue weighted by molar-refractivity contribution is 5.74. The molecular formula is C8H11N3. The van der Waals surface area contributed by atoms with Crippen LogP contribution in [0.3, 0.4) is 0 Å². The molecule has 0 amide bonds. The predicted molar refractivity (Wildman–Crippen MR) is 44.8 cm³/mol. The van der Waals surface area contributed by atoms with Crippen LogP contribution in [0.1, 0.15) is 13.8 Å². The quantitative estimate of drug-likeness (QED) is 0.557. The molecule has 2 rings (SSSR count). The average Bonchev–Trinajstić information content (AvgIpc) is 2.31. The molecule has 2 aliphatic heterocycles. The molecule has 0 spiro atoms. The van der Waals surface area contributed by atoms with E-state index >= 15 is 0 Å². The second-order valence-electron chi connectivity index (χ2n) is 2.86. The molecule has 0 saturated heterocycles. The van der Waals surface area contributed by atoms with E-state index in [1.54, 1.807) is 0 Å². The van der Waals surface area contributed by atoms with Gasteiger partial charge in [-0.25, -0.2) is 10.4 Å². The van der Waals surface area contributed by atoms with Crippen molar-refractivity contribution >= 4 is 6.21 Å². The molecule has 11 heavy (non-hydrogen) atoms. The summed E-state index contributed by atoms with van der Waals surface area (Å²) in [4.78, 5) is 4.22. The van der Waals surface area contributed by atoms with Crippen molar-refractivity contribution in [1.29, 1.82) is 0 Å². The third kappa shape index (κ3) is 0.973. The van der Waals surface area contributed by atoms with Gasteiger partial charge in [0.25, 0.3) is 0 Å². The topological polar surface area (TPSA) is 27.6 Å². The Labute approximate surface area is 66.1 Å². The second-order valence-corrected chi connectivity index (χ2v) is 2.86. The van der Waals surface area contributed by atoms with Gasteiger partial charge in [-0.1, -0.05) is 0 Å². The van der Waals surface area contributed by atoms with E-state index in [1.807, 2.05) is 17.3 Å². The maximum absolute atomic E-state index is 4.22. The van der Waals surface area contributed by atoms with Crippen LogP contribution in [0.25, 0.3) is 0 Å². The Kier molecular flexibility index (Phi) is 1.32. The Morgan fingerprint density at radius 1 is 1.64 bits per heavy atom. The summed E-state index contributed by atoms with van der Waals surface area (Å²) in [5.41, 5.74) is 4.45. The van der Waals surface area contributed by atoms with E-state index in [0.717, 1.165) is 5.82 Å². The van der Waals surface area contributed by atoms with Crippen molar-refractivity contribution < 1.29 is 0 Å². The molecular weight excluding hydrogens is 138 g/mol. The SMILES string of the molecule is CC1=CC=NC2=CC(C)NN12. The number of allylic oxidation sites excluding steroid dienone is 2. The third-order valence-corrected chi connectivity index (χ3v) is 1.84. The number of hydrogen-bond acceptors (Lipinski definition) is 3. The minimum absolute atomic E-state index is 0.392. The lowest BCUT2D eigenvalue weighted by Crippen LogP contribution is -2.34. The molecule has 2 heterocycles. The third-order valence-electron chi connectivity index (χ3n) is 1.84. The van der Waals surface area contributed by atoms with E-state index in [2.05, 4.69) is 30.3 Å². The van der Waals surface area contributed by atoms with Crippen LogP contribution < -0.4 is 5.43 Å². The van der Waals surface area contributed by atoms with E-state index < -0.39 is 0 Å². The van der Waals surface area contributed by atoms with Gasteiger partial charge in [0.05, 0.1) is 0 Å². The molecule has 0 aromatic rings. The Balaban J connectivity index is 2.33. The highest BCUT2D eigenvalue weighted by atomic mass is 15.6. The Hall–Kier alpha value is -1.09. The van der Waals surface area contributed by atoms with Crippen LogP contribution in [0.15, 0.2) is 28.7 Å². The van der Waals surface area contributed by atoms with Crippen molar-refractivity contribution in [1.82, 2.24) is 10.4 Å². The van der Waals surface area contributed by atoms with Crippen LogP contribution in [0.4, 0.5) is 0 Å². The summed E-state index contributed by atoms with van der Waals surface area (Å²) in [5.74, 6) is 1.01. The molecule has 58 valence electrons. The van der Waals surface area contributed by atoms with Gasteiger partial charge in [0.15, 0.2) is 0 Å². The van der Waals surface area contributed by atoms with Crippen LogP contribution in [-0.4, -0.2) is 17.3 Å². The summed E-state index contributed by atoms with van der Waals surface area (Å²) in [7, 11) is 0. The first-order valence-corrected chi connectivity index (χ1v) is 3.76. The zero-order valence-electron chi connectivity index (χ0n) is 6.70. The molecule has 1 atom stereocenters. The molecule has 0 aliphatic carbocycles. The first-order valence-electron chi connectivity index (χ1n) is 3.76. The van der Waals surface area contributed by atoms with E-state index in [9.17, 15) is 0 Å². The van der Waals surface area contributed by atoms with E-state index in [4.69, 9.17) is 0 Å². The molecule has 3 nitrogen and oxygen atoms in total. The lowest BCUT2D eigenvalue weighted by Gasteiger charge is -2.23. The average molecular weight is 149 g/mol. The summed E-state index contributed by atoms with van der Waals surface area (Å²) in [6.45, 7) is 4.16. The van der Waals surface area contributed by atoms with Crippen molar-refractivity contribution in [3.63, 3.8) is 0 Å². The number of hydrogen-bond donors (Lipinski definition) is 1.